The maximum absolute atomic E-state index is 12.0. The molecule has 6 nitrogen and oxygen atoms in total. The average Bonchev–Trinajstić information content (AvgIpc) is 2.84. The van der Waals surface area contributed by atoms with Gasteiger partial charge in [0, 0.05) is 32.8 Å². The number of hydrogen-bond donors (Lipinski definition) is 1. The molecule has 0 saturated carbocycles. The van der Waals surface area contributed by atoms with Gasteiger partial charge in [0.25, 0.3) is 5.56 Å². The van der Waals surface area contributed by atoms with Gasteiger partial charge in [-0.1, -0.05) is 6.92 Å². The van der Waals surface area contributed by atoms with E-state index in [4.69, 9.17) is 0 Å². The van der Waals surface area contributed by atoms with Crippen LogP contribution in [0, 0.1) is 0 Å². The first kappa shape index (κ1) is 14.8. The van der Waals surface area contributed by atoms with Crippen molar-refractivity contribution >= 4 is 21.6 Å². The molecule has 0 unspecified atom stereocenters. The molecule has 0 bridgehead atoms. The van der Waals surface area contributed by atoms with E-state index in [1.165, 1.54) is 4.68 Å². The van der Waals surface area contributed by atoms with Gasteiger partial charge in [0.15, 0.2) is 0 Å². The van der Waals surface area contributed by atoms with Crippen molar-refractivity contribution in [1.29, 1.82) is 0 Å². The Hall–Kier alpha value is -1.63. The third-order valence-electron chi connectivity index (χ3n) is 2.89. The molecular formula is C13H18BrN5O. The molecule has 0 amide bonds. The van der Waals surface area contributed by atoms with Gasteiger partial charge < -0.3 is 5.32 Å². The van der Waals surface area contributed by atoms with Gasteiger partial charge in [0.2, 0.25) is 0 Å². The number of nitrogens with one attached hydrogen (secondary N) is 1. The molecular weight excluding hydrogens is 322 g/mol. The molecule has 0 aliphatic carbocycles. The van der Waals surface area contributed by atoms with E-state index in [0.29, 0.717) is 17.6 Å². The Kier molecular flexibility index (Phi) is 4.94. The molecule has 0 spiro atoms. The Morgan fingerprint density at radius 2 is 2.25 bits per heavy atom. The zero-order valence-electron chi connectivity index (χ0n) is 11.6. The predicted molar refractivity (Wildman–Crippen MR) is 81.9 cm³/mol. The average molecular weight is 340 g/mol. The summed E-state index contributed by atoms with van der Waals surface area (Å²) in [6, 6.07) is 1.98. The second-order valence-corrected chi connectivity index (χ2v) is 5.35. The minimum atomic E-state index is -0.102. The molecule has 0 aliphatic rings. The van der Waals surface area contributed by atoms with Crippen molar-refractivity contribution in [3.05, 3.63) is 39.0 Å². The summed E-state index contributed by atoms with van der Waals surface area (Å²) in [5.74, 6) is 0. The highest BCUT2D eigenvalue weighted by Gasteiger charge is 2.08. The van der Waals surface area contributed by atoms with Gasteiger partial charge in [-0.05, 0) is 28.4 Å². The minimum absolute atomic E-state index is 0.102. The molecule has 2 aromatic rings. The van der Waals surface area contributed by atoms with E-state index >= 15 is 0 Å². The number of rotatable bonds is 6. The number of anilines is 1. The molecule has 7 heteroatoms. The molecule has 1 N–H and O–H groups in total. The van der Waals surface area contributed by atoms with E-state index in [1.807, 2.05) is 26.2 Å². The van der Waals surface area contributed by atoms with Gasteiger partial charge >= 0.3 is 0 Å². The maximum Gasteiger partial charge on any atom is 0.283 e. The van der Waals surface area contributed by atoms with Crippen LogP contribution in [0.2, 0.25) is 0 Å². The highest BCUT2D eigenvalue weighted by atomic mass is 79.9. The number of aromatic nitrogens is 4. The van der Waals surface area contributed by atoms with Crippen LogP contribution in [-0.2, 0) is 20.0 Å². The lowest BCUT2D eigenvalue weighted by atomic mass is 10.3. The summed E-state index contributed by atoms with van der Waals surface area (Å²) in [4.78, 5) is 12.0. The molecule has 0 atom stereocenters. The quantitative estimate of drug-likeness (QED) is 0.871. The second-order valence-electron chi connectivity index (χ2n) is 4.56. The van der Waals surface area contributed by atoms with Gasteiger partial charge in [-0.15, -0.1) is 0 Å². The molecule has 2 aromatic heterocycles. The SMILES string of the molecule is CCCn1ncc(NCCc2ccn(C)n2)c(Br)c1=O. The third kappa shape index (κ3) is 3.47. The summed E-state index contributed by atoms with van der Waals surface area (Å²) in [7, 11) is 1.89. The number of hydrogen-bond acceptors (Lipinski definition) is 4. The van der Waals surface area contributed by atoms with Crippen molar-refractivity contribution < 1.29 is 0 Å². The molecule has 108 valence electrons. The first-order valence-corrected chi connectivity index (χ1v) is 7.39. The van der Waals surface area contributed by atoms with Crippen molar-refractivity contribution in [1.82, 2.24) is 19.6 Å². The van der Waals surface area contributed by atoms with E-state index in [-0.39, 0.29) is 5.56 Å². The molecule has 0 fully saturated rings. The van der Waals surface area contributed by atoms with E-state index in [2.05, 4.69) is 31.4 Å². The lowest BCUT2D eigenvalue weighted by molar-refractivity contribution is 0.566. The monoisotopic (exact) mass is 339 g/mol. The highest BCUT2D eigenvalue weighted by molar-refractivity contribution is 9.10. The normalized spacial score (nSPS) is 10.8. The van der Waals surface area contributed by atoms with Crippen LogP contribution in [0.25, 0.3) is 0 Å². The summed E-state index contributed by atoms with van der Waals surface area (Å²) in [5.41, 5.74) is 1.64. The van der Waals surface area contributed by atoms with Crippen LogP contribution in [0.1, 0.15) is 19.0 Å². The largest absolute Gasteiger partial charge is 0.382 e. The summed E-state index contributed by atoms with van der Waals surface area (Å²) < 4.78 is 3.77. The van der Waals surface area contributed by atoms with Crippen LogP contribution >= 0.6 is 15.9 Å². The van der Waals surface area contributed by atoms with Gasteiger partial charge in [-0.25, -0.2) is 4.68 Å². The van der Waals surface area contributed by atoms with Crippen LogP contribution < -0.4 is 10.9 Å². The second kappa shape index (κ2) is 6.69. The maximum atomic E-state index is 12.0. The third-order valence-corrected chi connectivity index (χ3v) is 3.65. The molecule has 2 rings (SSSR count). The Morgan fingerprint density at radius 1 is 1.45 bits per heavy atom. The van der Waals surface area contributed by atoms with E-state index in [1.54, 1.807) is 10.9 Å². The molecule has 2 heterocycles. The van der Waals surface area contributed by atoms with E-state index in [0.717, 1.165) is 24.2 Å². The Bertz CT molecular complexity index is 634. The van der Waals surface area contributed by atoms with Crippen molar-refractivity contribution in [3.63, 3.8) is 0 Å². The van der Waals surface area contributed by atoms with Crippen LogP contribution in [0.5, 0.6) is 0 Å². The zero-order valence-corrected chi connectivity index (χ0v) is 13.2. The summed E-state index contributed by atoms with van der Waals surface area (Å²) in [6.07, 6.45) is 5.27. The Labute approximate surface area is 125 Å². The van der Waals surface area contributed by atoms with Crippen molar-refractivity contribution in [3.8, 4) is 0 Å². The standard InChI is InChI=1S/C13H18BrN5O/c1-3-7-19-13(20)12(14)11(9-16-19)15-6-4-10-5-8-18(2)17-10/h5,8-9,15H,3-4,6-7H2,1-2H3. The van der Waals surface area contributed by atoms with E-state index in [9.17, 15) is 4.79 Å². The fourth-order valence-electron chi connectivity index (χ4n) is 1.88. The van der Waals surface area contributed by atoms with Crippen LogP contribution in [0.15, 0.2) is 27.7 Å². The highest BCUT2D eigenvalue weighted by Crippen LogP contribution is 2.16. The molecule has 0 aliphatic heterocycles. The fourth-order valence-corrected chi connectivity index (χ4v) is 2.33. The molecule has 0 radical (unpaired) electrons. The van der Waals surface area contributed by atoms with Crippen molar-refractivity contribution in [2.75, 3.05) is 11.9 Å². The molecule has 0 aromatic carbocycles. The fraction of sp³-hybridized carbons (Fsp3) is 0.462. The van der Waals surface area contributed by atoms with Crippen LogP contribution in [0.3, 0.4) is 0 Å². The molecule has 0 saturated heterocycles. The van der Waals surface area contributed by atoms with Gasteiger partial charge in [-0.3, -0.25) is 9.48 Å². The number of halogens is 1. The van der Waals surface area contributed by atoms with Crippen molar-refractivity contribution in [2.24, 2.45) is 7.05 Å². The first-order valence-electron chi connectivity index (χ1n) is 6.60. The first-order chi connectivity index (χ1) is 9.61. The predicted octanol–water partition coefficient (Wildman–Crippen LogP) is 1.80. The lowest BCUT2D eigenvalue weighted by Crippen LogP contribution is -2.24. The van der Waals surface area contributed by atoms with Crippen molar-refractivity contribution in [2.45, 2.75) is 26.3 Å². The van der Waals surface area contributed by atoms with E-state index < -0.39 is 0 Å². The van der Waals surface area contributed by atoms with Crippen LogP contribution in [0.4, 0.5) is 5.69 Å². The van der Waals surface area contributed by atoms with Gasteiger partial charge in [0.05, 0.1) is 17.6 Å². The summed E-state index contributed by atoms with van der Waals surface area (Å²) >= 11 is 3.34. The molecule has 20 heavy (non-hydrogen) atoms. The summed E-state index contributed by atoms with van der Waals surface area (Å²) in [6.45, 7) is 3.35. The van der Waals surface area contributed by atoms with Gasteiger partial charge in [-0.2, -0.15) is 10.2 Å². The lowest BCUT2D eigenvalue weighted by Gasteiger charge is -2.09. The Morgan fingerprint density at radius 3 is 2.90 bits per heavy atom. The number of nitrogens with zero attached hydrogens (tertiary/aromatic N) is 4. The van der Waals surface area contributed by atoms with Gasteiger partial charge in [0.1, 0.15) is 4.47 Å². The Balaban J connectivity index is 1.99. The number of aryl methyl sites for hydroxylation is 2. The summed E-state index contributed by atoms with van der Waals surface area (Å²) in [5, 5.41) is 11.7. The minimum Gasteiger partial charge on any atom is -0.382 e. The topological polar surface area (TPSA) is 64.7 Å². The zero-order chi connectivity index (χ0) is 14.5. The smallest absolute Gasteiger partial charge is 0.283 e. The van der Waals surface area contributed by atoms with Crippen LogP contribution in [-0.4, -0.2) is 26.1 Å².